The van der Waals surface area contributed by atoms with Gasteiger partial charge in [0.15, 0.2) is 0 Å². The minimum absolute atomic E-state index is 0.0297. The van der Waals surface area contributed by atoms with Gasteiger partial charge in [-0.3, -0.25) is 4.79 Å². The average molecular weight is 497 g/mol. The lowest BCUT2D eigenvalue weighted by molar-refractivity contribution is -0.146. The van der Waals surface area contributed by atoms with E-state index in [1.165, 1.54) is 7.11 Å². The summed E-state index contributed by atoms with van der Waals surface area (Å²) in [4.78, 5) is 12.2. The highest BCUT2D eigenvalue weighted by molar-refractivity contribution is 8.00. The third-order valence-corrected chi connectivity index (χ3v) is 8.35. The van der Waals surface area contributed by atoms with E-state index in [1.54, 1.807) is 11.8 Å². The zero-order valence-electron chi connectivity index (χ0n) is 20.8. The minimum atomic E-state index is -0.522. The molecular formula is C27H44O6S. The first-order chi connectivity index (χ1) is 16.5. The van der Waals surface area contributed by atoms with Crippen LogP contribution in [0.5, 0.6) is 5.75 Å². The van der Waals surface area contributed by atoms with Crippen LogP contribution in [-0.4, -0.2) is 64.3 Å². The number of rotatable bonds is 17. The maximum atomic E-state index is 12.2. The highest BCUT2D eigenvalue weighted by atomic mass is 32.2. The van der Waals surface area contributed by atoms with E-state index >= 15 is 0 Å². The van der Waals surface area contributed by atoms with Crippen molar-refractivity contribution in [1.82, 2.24) is 0 Å². The van der Waals surface area contributed by atoms with Crippen molar-refractivity contribution < 1.29 is 29.6 Å². The molecule has 1 aliphatic rings. The Kier molecular flexibility index (Phi) is 14.0. The number of aliphatic hydroxyl groups excluding tert-OH is 3. The molecule has 0 heterocycles. The van der Waals surface area contributed by atoms with Crippen LogP contribution in [0.4, 0.5) is 0 Å². The molecule has 0 aliphatic heterocycles. The maximum Gasteiger partial charge on any atom is 0.312 e. The number of para-hydroxylation sites is 1. The molecule has 6 atom stereocenters. The second-order valence-electron chi connectivity index (χ2n) is 9.46. The lowest BCUT2D eigenvalue weighted by atomic mass is 9.95. The van der Waals surface area contributed by atoms with Crippen LogP contribution in [0.15, 0.2) is 30.3 Å². The van der Waals surface area contributed by atoms with Crippen molar-refractivity contribution in [1.29, 1.82) is 0 Å². The van der Waals surface area contributed by atoms with E-state index in [1.807, 2.05) is 30.3 Å². The van der Waals surface area contributed by atoms with Gasteiger partial charge in [-0.15, -0.1) is 0 Å². The quantitative estimate of drug-likeness (QED) is 0.214. The number of ether oxygens (including phenoxy) is 2. The van der Waals surface area contributed by atoms with Crippen LogP contribution in [0.2, 0.25) is 0 Å². The molecule has 1 fully saturated rings. The number of methoxy groups -OCH3 is 1. The van der Waals surface area contributed by atoms with Crippen LogP contribution in [0.1, 0.15) is 71.1 Å². The largest absolute Gasteiger partial charge is 0.493 e. The van der Waals surface area contributed by atoms with Gasteiger partial charge in [0.2, 0.25) is 0 Å². The predicted octanol–water partition coefficient (Wildman–Crippen LogP) is 4.59. The number of hydrogen-bond acceptors (Lipinski definition) is 7. The van der Waals surface area contributed by atoms with Crippen LogP contribution in [0, 0.1) is 11.8 Å². The Hall–Kier alpha value is -1.28. The number of esters is 1. The maximum absolute atomic E-state index is 12.2. The van der Waals surface area contributed by atoms with Gasteiger partial charge >= 0.3 is 5.97 Å². The fraction of sp³-hybridized carbons (Fsp3) is 0.741. The molecule has 0 radical (unpaired) electrons. The second-order valence-corrected chi connectivity index (χ2v) is 10.7. The van der Waals surface area contributed by atoms with Gasteiger partial charge in [0.25, 0.3) is 0 Å². The first-order valence-electron chi connectivity index (χ1n) is 12.9. The van der Waals surface area contributed by atoms with Crippen LogP contribution in [-0.2, 0) is 9.53 Å². The summed E-state index contributed by atoms with van der Waals surface area (Å²) in [6, 6.07) is 9.46. The summed E-state index contributed by atoms with van der Waals surface area (Å²) in [7, 11) is 1.41. The van der Waals surface area contributed by atoms with Crippen molar-refractivity contribution in [3.05, 3.63) is 30.3 Å². The SMILES string of the molecule is CCCCCC(O)CS[C@H]1C(O)CC(O)[C@@H]1CCCCCC(COc1ccccc1)C(=O)OC. The molecule has 0 spiro atoms. The third kappa shape index (κ3) is 10.1. The first-order valence-corrected chi connectivity index (χ1v) is 13.9. The second kappa shape index (κ2) is 16.4. The fourth-order valence-corrected chi connectivity index (χ4v) is 6.19. The van der Waals surface area contributed by atoms with Gasteiger partial charge in [-0.25, -0.2) is 0 Å². The zero-order chi connectivity index (χ0) is 24.8. The number of carbonyl (C=O) groups excluding carboxylic acids is 1. The summed E-state index contributed by atoms with van der Waals surface area (Å²) < 4.78 is 10.7. The molecule has 6 nitrogen and oxygen atoms in total. The summed E-state index contributed by atoms with van der Waals surface area (Å²) in [6.07, 6.45) is 7.41. The number of hydrogen-bond donors (Lipinski definition) is 3. The predicted molar refractivity (Wildman–Crippen MR) is 137 cm³/mol. The van der Waals surface area contributed by atoms with Crippen LogP contribution >= 0.6 is 11.8 Å². The molecule has 1 saturated carbocycles. The Morgan fingerprint density at radius 1 is 1.06 bits per heavy atom. The zero-order valence-corrected chi connectivity index (χ0v) is 21.6. The Bertz CT molecular complexity index is 672. The molecular weight excluding hydrogens is 452 g/mol. The molecule has 0 bridgehead atoms. The summed E-state index contributed by atoms with van der Waals surface area (Å²) in [5, 5.41) is 31.1. The monoisotopic (exact) mass is 496 g/mol. The third-order valence-electron chi connectivity index (χ3n) is 6.72. The highest BCUT2D eigenvalue weighted by Gasteiger charge is 2.41. The molecule has 1 aromatic carbocycles. The van der Waals surface area contributed by atoms with E-state index in [9.17, 15) is 20.1 Å². The Labute approximate surface area is 209 Å². The molecule has 1 aliphatic carbocycles. The van der Waals surface area contributed by atoms with Crippen LogP contribution in [0.25, 0.3) is 0 Å². The number of thioether (sulfide) groups is 1. The molecule has 2 rings (SSSR count). The number of aliphatic hydroxyl groups is 3. The van der Waals surface area contributed by atoms with Crippen molar-refractivity contribution >= 4 is 17.7 Å². The average Bonchev–Trinajstić information content (AvgIpc) is 3.11. The summed E-state index contributed by atoms with van der Waals surface area (Å²) in [6.45, 7) is 2.44. The highest BCUT2D eigenvalue weighted by Crippen LogP contribution is 2.39. The van der Waals surface area contributed by atoms with Gasteiger partial charge in [-0.1, -0.05) is 63.6 Å². The van der Waals surface area contributed by atoms with E-state index < -0.39 is 12.2 Å². The van der Waals surface area contributed by atoms with E-state index in [0.717, 1.165) is 57.1 Å². The minimum Gasteiger partial charge on any atom is -0.493 e. The molecule has 7 heteroatoms. The van der Waals surface area contributed by atoms with Gasteiger partial charge in [0.05, 0.1) is 31.3 Å². The molecule has 0 aromatic heterocycles. The van der Waals surface area contributed by atoms with Crippen LogP contribution < -0.4 is 4.74 Å². The fourth-order valence-electron chi connectivity index (χ4n) is 4.68. The molecule has 194 valence electrons. The van der Waals surface area contributed by atoms with Gasteiger partial charge in [-0.05, 0) is 37.3 Å². The Balaban J connectivity index is 1.72. The molecule has 3 N–H and O–H groups in total. The molecule has 0 saturated heterocycles. The lowest BCUT2D eigenvalue weighted by Crippen LogP contribution is -2.27. The van der Waals surface area contributed by atoms with Crippen molar-refractivity contribution in [2.45, 2.75) is 94.7 Å². The van der Waals surface area contributed by atoms with Crippen molar-refractivity contribution in [2.24, 2.45) is 11.8 Å². The number of benzene rings is 1. The standard InChI is InChI=1S/C27H44O6S/c1-3-4-7-13-21(28)19-34-26-23(24(29)17-25(26)30)16-11-5-8-12-20(27(31)32-2)18-33-22-14-9-6-10-15-22/h6,9-10,14-15,20-21,23-26,28-30H,3-5,7-8,11-13,16-19H2,1-2H3/t20?,21?,23-,24?,25?,26+/m0/s1. The smallest absolute Gasteiger partial charge is 0.312 e. The molecule has 0 amide bonds. The van der Waals surface area contributed by atoms with Crippen molar-refractivity contribution in [3.8, 4) is 5.75 Å². The van der Waals surface area contributed by atoms with E-state index in [0.29, 0.717) is 25.2 Å². The van der Waals surface area contributed by atoms with E-state index in [2.05, 4.69) is 6.92 Å². The molecule has 34 heavy (non-hydrogen) atoms. The molecule has 1 aromatic rings. The van der Waals surface area contributed by atoms with Gasteiger partial charge in [-0.2, -0.15) is 11.8 Å². The van der Waals surface area contributed by atoms with Gasteiger partial charge in [0.1, 0.15) is 12.4 Å². The number of carbonyl (C=O) groups is 1. The van der Waals surface area contributed by atoms with Gasteiger partial charge < -0.3 is 24.8 Å². The van der Waals surface area contributed by atoms with Crippen molar-refractivity contribution in [3.63, 3.8) is 0 Å². The normalized spacial score (nSPS) is 24.0. The van der Waals surface area contributed by atoms with Crippen molar-refractivity contribution in [2.75, 3.05) is 19.5 Å². The first kappa shape index (κ1) is 29.0. The van der Waals surface area contributed by atoms with E-state index in [-0.39, 0.29) is 29.2 Å². The van der Waals surface area contributed by atoms with Gasteiger partial charge in [0, 0.05) is 17.4 Å². The van der Waals surface area contributed by atoms with E-state index in [4.69, 9.17) is 9.47 Å². The summed E-state index contributed by atoms with van der Waals surface area (Å²) in [5.74, 6) is 0.836. The Morgan fingerprint density at radius 3 is 2.50 bits per heavy atom. The van der Waals surface area contributed by atoms with Crippen LogP contribution in [0.3, 0.4) is 0 Å². The summed E-state index contributed by atoms with van der Waals surface area (Å²) in [5.41, 5.74) is 0. The topological polar surface area (TPSA) is 96.2 Å². The number of unbranched alkanes of at least 4 members (excludes halogenated alkanes) is 4. The molecule has 4 unspecified atom stereocenters. The summed E-state index contributed by atoms with van der Waals surface area (Å²) >= 11 is 1.61. The Morgan fingerprint density at radius 2 is 1.79 bits per heavy atom. The lowest BCUT2D eigenvalue weighted by Gasteiger charge is -2.24.